The van der Waals surface area contributed by atoms with Gasteiger partial charge >= 0.3 is 0 Å². The standard InChI is InChI=1S/C19H20N4O3S/c1-14-7-9-16(10-8-14)27(25,26)23(2)13-19(24)22-21-12-15-11-20-18-6-4-3-5-17(15)18/h3-12,20H,13H2,1-2H3,(H,22,24)/b21-12+. The number of rotatable bonds is 6. The molecule has 8 heteroatoms. The number of nitrogens with zero attached hydrogens (tertiary/aromatic N) is 2. The molecule has 0 radical (unpaired) electrons. The number of hydrogen-bond donors (Lipinski definition) is 2. The Bertz CT molecular complexity index is 1090. The second-order valence-corrected chi connectivity index (χ2v) is 8.20. The molecule has 1 aromatic heterocycles. The van der Waals surface area contributed by atoms with Crippen LogP contribution in [-0.2, 0) is 14.8 Å². The Balaban J connectivity index is 1.62. The summed E-state index contributed by atoms with van der Waals surface area (Å²) in [7, 11) is -2.37. The van der Waals surface area contributed by atoms with Crippen LogP contribution in [0.2, 0.25) is 0 Å². The highest BCUT2D eigenvalue weighted by atomic mass is 32.2. The summed E-state index contributed by atoms with van der Waals surface area (Å²) in [5.74, 6) is -0.524. The molecular formula is C19H20N4O3S. The van der Waals surface area contributed by atoms with E-state index in [0.717, 1.165) is 26.3 Å². The first-order chi connectivity index (χ1) is 12.9. The number of amides is 1. The average Bonchev–Trinajstić information content (AvgIpc) is 3.05. The Morgan fingerprint density at radius 1 is 1.19 bits per heavy atom. The zero-order valence-electron chi connectivity index (χ0n) is 15.0. The quantitative estimate of drug-likeness (QED) is 0.504. The maximum Gasteiger partial charge on any atom is 0.255 e. The monoisotopic (exact) mass is 384 g/mol. The molecule has 0 atom stereocenters. The minimum Gasteiger partial charge on any atom is -0.361 e. The van der Waals surface area contributed by atoms with E-state index < -0.39 is 15.9 Å². The Labute approximate surface area is 157 Å². The molecule has 0 aliphatic rings. The molecule has 0 saturated carbocycles. The molecule has 7 nitrogen and oxygen atoms in total. The molecule has 0 bridgehead atoms. The molecule has 0 aliphatic carbocycles. The minimum atomic E-state index is -3.73. The number of carbonyl (C=O) groups excluding carboxylic acids is 1. The minimum absolute atomic E-state index is 0.144. The molecule has 1 amide bonds. The van der Waals surface area contributed by atoms with Crippen molar-refractivity contribution in [3.8, 4) is 0 Å². The molecule has 0 saturated heterocycles. The van der Waals surface area contributed by atoms with Crippen LogP contribution in [0.3, 0.4) is 0 Å². The third-order valence-corrected chi connectivity index (χ3v) is 5.93. The van der Waals surface area contributed by atoms with Gasteiger partial charge in [-0.2, -0.15) is 9.41 Å². The Morgan fingerprint density at radius 2 is 1.89 bits per heavy atom. The number of aromatic nitrogens is 1. The summed E-state index contributed by atoms with van der Waals surface area (Å²) >= 11 is 0. The van der Waals surface area contributed by atoms with E-state index in [2.05, 4.69) is 15.5 Å². The number of carbonyl (C=O) groups is 1. The molecular weight excluding hydrogens is 364 g/mol. The van der Waals surface area contributed by atoms with E-state index in [-0.39, 0.29) is 11.4 Å². The van der Waals surface area contributed by atoms with Crippen molar-refractivity contribution in [2.24, 2.45) is 5.10 Å². The van der Waals surface area contributed by atoms with Crippen molar-refractivity contribution in [2.45, 2.75) is 11.8 Å². The predicted octanol–water partition coefficient (Wildman–Crippen LogP) is 2.25. The summed E-state index contributed by atoms with van der Waals surface area (Å²) in [6.07, 6.45) is 3.31. The summed E-state index contributed by atoms with van der Waals surface area (Å²) in [5, 5.41) is 4.90. The average molecular weight is 384 g/mol. The number of nitrogens with one attached hydrogen (secondary N) is 2. The summed E-state index contributed by atoms with van der Waals surface area (Å²) in [6.45, 7) is 1.54. The SMILES string of the molecule is Cc1ccc(S(=O)(=O)N(C)CC(=O)N/N=C/c2c[nH]c3ccccc23)cc1. The topological polar surface area (TPSA) is 94.6 Å². The first-order valence-electron chi connectivity index (χ1n) is 8.29. The predicted molar refractivity (Wildman–Crippen MR) is 105 cm³/mol. The Morgan fingerprint density at radius 3 is 2.63 bits per heavy atom. The van der Waals surface area contributed by atoms with Crippen LogP contribution in [0.1, 0.15) is 11.1 Å². The number of sulfonamides is 1. The van der Waals surface area contributed by atoms with Crippen LogP contribution in [0.5, 0.6) is 0 Å². The fraction of sp³-hybridized carbons (Fsp3) is 0.158. The summed E-state index contributed by atoms with van der Waals surface area (Å²) < 4.78 is 26.0. The van der Waals surface area contributed by atoms with Crippen molar-refractivity contribution in [1.82, 2.24) is 14.7 Å². The lowest BCUT2D eigenvalue weighted by molar-refractivity contribution is -0.121. The zero-order valence-corrected chi connectivity index (χ0v) is 15.8. The molecule has 0 unspecified atom stereocenters. The van der Waals surface area contributed by atoms with Gasteiger partial charge in [0.25, 0.3) is 5.91 Å². The third kappa shape index (κ3) is 4.24. The third-order valence-electron chi connectivity index (χ3n) is 4.11. The van der Waals surface area contributed by atoms with Crippen LogP contribution in [0.25, 0.3) is 10.9 Å². The van der Waals surface area contributed by atoms with E-state index >= 15 is 0 Å². The van der Waals surface area contributed by atoms with Crippen LogP contribution in [0.4, 0.5) is 0 Å². The second kappa shape index (κ2) is 7.73. The van der Waals surface area contributed by atoms with Gasteiger partial charge in [-0.25, -0.2) is 13.8 Å². The largest absolute Gasteiger partial charge is 0.361 e. The number of para-hydroxylation sites is 1. The van der Waals surface area contributed by atoms with Gasteiger partial charge in [-0.15, -0.1) is 0 Å². The molecule has 0 fully saturated rings. The second-order valence-electron chi connectivity index (χ2n) is 6.16. The smallest absolute Gasteiger partial charge is 0.255 e. The maximum atomic E-state index is 12.5. The van der Waals surface area contributed by atoms with E-state index in [0.29, 0.717) is 0 Å². The first-order valence-corrected chi connectivity index (χ1v) is 9.73. The maximum absolute atomic E-state index is 12.5. The Hall–Kier alpha value is -2.97. The van der Waals surface area contributed by atoms with Crippen molar-refractivity contribution in [3.63, 3.8) is 0 Å². The van der Waals surface area contributed by atoms with Crippen LogP contribution >= 0.6 is 0 Å². The molecule has 0 aliphatic heterocycles. The number of hydrazone groups is 1. The number of likely N-dealkylation sites (N-methyl/N-ethyl adjacent to an activating group) is 1. The van der Waals surface area contributed by atoms with E-state index in [1.807, 2.05) is 31.2 Å². The lowest BCUT2D eigenvalue weighted by Crippen LogP contribution is -2.36. The van der Waals surface area contributed by atoms with Crippen molar-refractivity contribution in [2.75, 3.05) is 13.6 Å². The molecule has 3 rings (SSSR count). The first kappa shape index (κ1) is 18.8. The van der Waals surface area contributed by atoms with Gasteiger partial charge < -0.3 is 4.98 Å². The molecule has 2 N–H and O–H groups in total. The van der Waals surface area contributed by atoms with E-state index in [4.69, 9.17) is 0 Å². The van der Waals surface area contributed by atoms with Gasteiger partial charge in [-0.3, -0.25) is 4.79 Å². The van der Waals surface area contributed by atoms with Crippen LogP contribution in [0, 0.1) is 6.92 Å². The van der Waals surface area contributed by atoms with Crippen molar-refractivity contribution < 1.29 is 13.2 Å². The van der Waals surface area contributed by atoms with Gasteiger partial charge in [-0.1, -0.05) is 35.9 Å². The number of aromatic amines is 1. The number of H-pyrrole nitrogens is 1. The van der Waals surface area contributed by atoms with Gasteiger partial charge in [0.05, 0.1) is 17.7 Å². The van der Waals surface area contributed by atoms with Gasteiger partial charge in [0.1, 0.15) is 0 Å². The zero-order chi connectivity index (χ0) is 19.4. The van der Waals surface area contributed by atoms with E-state index in [9.17, 15) is 13.2 Å². The highest BCUT2D eigenvalue weighted by Gasteiger charge is 2.22. The van der Waals surface area contributed by atoms with Crippen LogP contribution in [-0.4, -0.2) is 43.4 Å². The fourth-order valence-electron chi connectivity index (χ4n) is 2.59. The lowest BCUT2D eigenvalue weighted by atomic mass is 10.2. The van der Waals surface area contributed by atoms with Gasteiger partial charge in [0.15, 0.2) is 0 Å². The molecule has 140 valence electrons. The number of benzene rings is 2. The number of fused-ring (bicyclic) bond motifs is 1. The Kier molecular flexibility index (Phi) is 5.38. The van der Waals surface area contributed by atoms with Crippen molar-refractivity contribution in [3.05, 3.63) is 65.9 Å². The van der Waals surface area contributed by atoms with Crippen molar-refractivity contribution in [1.29, 1.82) is 0 Å². The van der Waals surface area contributed by atoms with E-state index in [1.165, 1.54) is 25.4 Å². The van der Waals surface area contributed by atoms with Crippen LogP contribution < -0.4 is 5.43 Å². The van der Waals surface area contributed by atoms with Crippen LogP contribution in [0.15, 0.2) is 64.7 Å². The van der Waals surface area contributed by atoms with Crippen molar-refractivity contribution >= 4 is 33.0 Å². The molecule has 27 heavy (non-hydrogen) atoms. The number of hydrogen-bond acceptors (Lipinski definition) is 4. The highest BCUT2D eigenvalue weighted by Crippen LogP contribution is 2.16. The highest BCUT2D eigenvalue weighted by molar-refractivity contribution is 7.89. The van der Waals surface area contributed by atoms with E-state index in [1.54, 1.807) is 18.3 Å². The number of aryl methyl sites for hydroxylation is 1. The molecule has 2 aromatic carbocycles. The van der Waals surface area contributed by atoms with Gasteiger partial charge in [0, 0.05) is 29.7 Å². The summed E-state index contributed by atoms with van der Waals surface area (Å²) in [4.78, 5) is 15.3. The molecule has 3 aromatic rings. The van der Waals surface area contributed by atoms with Gasteiger partial charge in [0.2, 0.25) is 10.0 Å². The summed E-state index contributed by atoms with van der Waals surface area (Å²) in [6, 6.07) is 14.2. The lowest BCUT2D eigenvalue weighted by Gasteiger charge is -2.16. The van der Waals surface area contributed by atoms with Gasteiger partial charge in [-0.05, 0) is 25.1 Å². The molecule has 1 heterocycles. The fourth-order valence-corrected chi connectivity index (χ4v) is 3.71. The normalized spacial score (nSPS) is 12.1. The summed E-state index contributed by atoms with van der Waals surface area (Å²) in [5.41, 5.74) is 5.11. The molecule has 0 spiro atoms.